The molecular weight excluding hydrogens is 246 g/mol. The molecule has 20 heavy (non-hydrogen) atoms. The van der Waals surface area contributed by atoms with Gasteiger partial charge in [-0.15, -0.1) is 0 Å². The molecule has 0 N–H and O–H groups in total. The average molecular weight is 273 g/mol. The highest BCUT2D eigenvalue weighted by atomic mass is 16.1. The number of fused-ring (bicyclic) bond motifs is 1. The van der Waals surface area contributed by atoms with Crippen LogP contribution in [0.5, 0.6) is 0 Å². The molecule has 2 nitrogen and oxygen atoms in total. The maximum Gasteiger partial charge on any atom is 0.165 e. The minimum Gasteiger partial charge on any atom is -0.345 e. The topological polar surface area (TPSA) is 22.0 Å². The van der Waals surface area contributed by atoms with Gasteiger partial charge in [-0.1, -0.05) is 33.6 Å². The zero-order chi connectivity index (χ0) is 14.5. The Bertz CT molecular complexity index is 538. The Morgan fingerprint density at radius 1 is 1.25 bits per heavy atom. The summed E-state index contributed by atoms with van der Waals surface area (Å²) in [5.41, 5.74) is 3.75. The molecule has 2 aliphatic carbocycles. The second kappa shape index (κ2) is 4.75. The van der Waals surface area contributed by atoms with Gasteiger partial charge in [-0.25, -0.2) is 0 Å². The number of ketones is 1. The van der Waals surface area contributed by atoms with E-state index in [-0.39, 0.29) is 5.41 Å². The van der Waals surface area contributed by atoms with E-state index in [1.54, 1.807) is 0 Å². The van der Waals surface area contributed by atoms with Crippen molar-refractivity contribution in [2.75, 3.05) is 0 Å². The highest BCUT2D eigenvalue weighted by Crippen LogP contribution is 2.41. The van der Waals surface area contributed by atoms with E-state index in [2.05, 4.69) is 38.3 Å². The van der Waals surface area contributed by atoms with Crippen LogP contribution in [0.15, 0.2) is 6.07 Å². The lowest BCUT2D eigenvalue weighted by Crippen LogP contribution is -2.30. The average Bonchev–Trinajstić information content (AvgIpc) is 2.64. The van der Waals surface area contributed by atoms with Crippen LogP contribution in [0.4, 0.5) is 0 Å². The standard InChI is InChI=1S/C18H27NO/c1-12-6-5-7-14(8-12)19-13(2)9-15-16(19)10-18(3,4)11-17(15)20/h9,12,14H,5-8,10-11H2,1-4H3. The van der Waals surface area contributed by atoms with Crippen molar-refractivity contribution in [3.05, 3.63) is 23.0 Å². The summed E-state index contributed by atoms with van der Waals surface area (Å²) in [6, 6.07) is 2.76. The van der Waals surface area contributed by atoms with Crippen molar-refractivity contribution < 1.29 is 4.79 Å². The van der Waals surface area contributed by atoms with Gasteiger partial charge < -0.3 is 4.57 Å². The molecule has 1 heterocycles. The van der Waals surface area contributed by atoms with E-state index in [1.807, 2.05) is 0 Å². The van der Waals surface area contributed by atoms with E-state index in [0.29, 0.717) is 18.2 Å². The Morgan fingerprint density at radius 2 is 2.00 bits per heavy atom. The van der Waals surface area contributed by atoms with Gasteiger partial charge in [-0.3, -0.25) is 4.79 Å². The second-order valence-electron chi connectivity index (χ2n) is 7.88. The van der Waals surface area contributed by atoms with Crippen LogP contribution in [0, 0.1) is 18.3 Å². The van der Waals surface area contributed by atoms with Crippen molar-refractivity contribution >= 4 is 5.78 Å². The first-order valence-electron chi connectivity index (χ1n) is 8.11. The smallest absolute Gasteiger partial charge is 0.165 e. The maximum absolute atomic E-state index is 12.4. The van der Waals surface area contributed by atoms with Crippen molar-refractivity contribution in [3.8, 4) is 0 Å². The van der Waals surface area contributed by atoms with Crippen molar-refractivity contribution in [2.24, 2.45) is 11.3 Å². The molecule has 1 saturated carbocycles. The lowest BCUT2D eigenvalue weighted by molar-refractivity contribution is 0.0908. The highest BCUT2D eigenvalue weighted by molar-refractivity contribution is 5.99. The van der Waals surface area contributed by atoms with Crippen LogP contribution < -0.4 is 0 Å². The molecule has 2 heteroatoms. The molecule has 0 spiro atoms. The number of aryl methyl sites for hydroxylation is 1. The Hall–Kier alpha value is -1.05. The number of carbonyl (C=O) groups excluding carboxylic acids is 1. The molecule has 0 aliphatic heterocycles. The monoisotopic (exact) mass is 273 g/mol. The fraction of sp³-hybridized carbons (Fsp3) is 0.722. The Balaban J connectivity index is 2.02. The van der Waals surface area contributed by atoms with Crippen LogP contribution in [0.3, 0.4) is 0 Å². The molecule has 0 aromatic carbocycles. The molecule has 0 saturated heterocycles. The summed E-state index contributed by atoms with van der Waals surface area (Å²) >= 11 is 0. The molecule has 2 aliphatic rings. The summed E-state index contributed by atoms with van der Waals surface area (Å²) < 4.78 is 2.52. The summed E-state index contributed by atoms with van der Waals surface area (Å²) in [5.74, 6) is 1.17. The summed E-state index contributed by atoms with van der Waals surface area (Å²) in [7, 11) is 0. The normalized spacial score (nSPS) is 29.3. The zero-order valence-electron chi connectivity index (χ0n) is 13.3. The zero-order valence-corrected chi connectivity index (χ0v) is 13.3. The van der Waals surface area contributed by atoms with Crippen LogP contribution in [0.25, 0.3) is 0 Å². The second-order valence-corrected chi connectivity index (χ2v) is 7.88. The van der Waals surface area contributed by atoms with Gasteiger partial charge in [0.2, 0.25) is 0 Å². The third-order valence-corrected chi connectivity index (χ3v) is 5.19. The summed E-state index contributed by atoms with van der Waals surface area (Å²) in [5, 5.41) is 0. The van der Waals surface area contributed by atoms with Gasteiger partial charge in [0.05, 0.1) is 0 Å². The molecule has 1 fully saturated rings. The quantitative estimate of drug-likeness (QED) is 0.726. The number of rotatable bonds is 1. The molecule has 2 atom stereocenters. The number of aromatic nitrogens is 1. The third kappa shape index (κ3) is 2.34. The van der Waals surface area contributed by atoms with Crippen molar-refractivity contribution in [2.45, 2.75) is 72.3 Å². The minimum atomic E-state index is 0.118. The molecule has 1 aromatic rings. The molecule has 0 radical (unpaired) electrons. The van der Waals surface area contributed by atoms with Crippen molar-refractivity contribution in [1.82, 2.24) is 4.57 Å². The predicted molar refractivity (Wildman–Crippen MR) is 82.3 cm³/mol. The maximum atomic E-state index is 12.4. The van der Waals surface area contributed by atoms with Gasteiger partial charge in [0, 0.05) is 29.4 Å². The number of nitrogens with zero attached hydrogens (tertiary/aromatic N) is 1. The molecule has 1 aromatic heterocycles. The van der Waals surface area contributed by atoms with E-state index in [9.17, 15) is 4.79 Å². The Kier molecular flexibility index (Phi) is 3.30. The number of hydrogen-bond acceptors (Lipinski definition) is 1. The lowest BCUT2D eigenvalue weighted by Gasteiger charge is -2.34. The lowest BCUT2D eigenvalue weighted by atomic mass is 9.76. The molecule has 3 rings (SSSR count). The Morgan fingerprint density at radius 3 is 2.70 bits per heavy atom. The fourth-order valence-corrected chi connectivity index (χ4v) is 4.32. The van der Waals surface area contributed by atoms with Gasteiger partial charge >= 0.3 is 0 Å². The van der Waals surface area contributed by atoms with Crippen LogP contribution in [-0.2, 0) is 6.42 Å². The number of carbonyl (C=O) groups is 1. The fourth-order valence-electron chi connectivity index (χ4n) is 4.32. The minimum absolute atomic E-state index is 0.118. The molecule has 2 unspecified atom stereocenters. The van der Waals surface area contributed by atoms with Crippen molar-refractivity contribution in [1.29, 1.82) is 0 Å². The van der Waals surface area contributed by atoms with Crippen LogP contribution in [-0.4, -0.2) is 10.4 Å². The predicted octanol–water partition coefficient (Wildman–Crippen LogP) is 4.70. The van der Waals surface area contributed by atoms with Gasteiger partial charge in [0.25, 0.3) is 0 Å². The van der Waals surface area contributed by atoms with Gasteiger partial charge in [0.1, 0.15) is 0 Å². The van der Waals surface area contributed by atoms with E-state index in [0.717, 1.165) is 17.9 Å². The summed E-state index contributed by atoms with van der Waals surface area (Å²) in [6.45, 7) is 9.00. The first kappa shape index (κ1) is 13.9. The van der Waals surface area contributed by atoms with Crippen LogP contribution in [0.1, 0.15) is 80.7 Å². The van der Waals surface area contributed by atoms with Crippen LogP contribution in [0.2, 0.25) is 0 Å². The first-order valence-corrected chi connectivity index (χ1v) is 8.11. The molecular formula is C18H27NO. The van der Waals surface area contributed by atoms with E-state index in [4.69, 9.17) is 0 Å². The van der Waals surface area contributed by atoms with Crippen molar-refractivity contribution in [3.63, 3.8) is 0 Å². The number of hydrogen-bond donors (Lipinski definition) is 0. The Labute approximate surface area is 122 Å². The molecule has 0 amide bonds. The van der Waals surface area contributed by atoms with Gasteiger partial charge in [-0.2, -0.15) is 0 Å². The SMILES string of the molecule is Cc1cc2c(n1C1CCCC(C)C1)CC(C)(C)CC2=O. The summed E-state index contributed by atoms with van der Waals surface area (Å²) in [4.78, 5) is 12.4. The van der Waals surface area contributed by atoms with E-state index in [1.165, 1.54) is 37.1 Å². The van der Waals surface area contributed by atoms with Gasteiger partial charge in [0.15, 0.2) is 5.78 Å². The largest absolute Gasteiger partial charge is 0.345 e. The first-order chi connectivity index (χ1) is 9.37. The molecule has 0 bridgehead atoms. The number of Topliss-reactive ketones (excluding diaryl/α,β-unsaturated/α-hetero) is 1. The van der Waals surface area contributed by atoms with E-state index >= 15 is 0 Å². The third-order valence-electron chi connectivity index (χ3n) is 5.19. The highest BCUT2D eigenvalue weighted by Gasteiger charge is 2.35. The van der Waals surface area contributed by atoms with E-state index < -0.39 is 0 Å². The van der Waals surface area contributed by atoms with Crippen LogP contribution >= 0.6 is 0 Å². The van der Waals surface area contributed by atoms with Gasteiger partial charge in [-0.05, 0) is 43.6 Å². The molecule has 110 valence electrons. The summed E-state index contributed by atoms with van der Waals surface area (Å²) in [6.07, 6.45) is 6.99.